The van der Waals surface area contributed by atoms with Crippen LogP contribution in [0.15, 0.2) is 94.7 Å². The van der Waals surface area contributed by atoms with Crippen molar-refractivity contribution in [3.63, 3.8) is 0 Å². The van der Waals surface area contributed by atoms with Crippen LogP contribution in [0.2, 0.25) is 0 Å². The van der Waals surface area contributed by atoms with Crippen molar-refractivity contribution < 1.29 is 34.0 Å². The Hall–Kier alpha value is -3.76. The molecule has 0 radical (unpaired) electrons. The van der Waals surface area contributed by atoms with E-state index in [-0.39, 0.29) is 9.79 Å². The molecule has 0 aliphatic rings. The molecule has 0 fully saturated rings. The van der Waals surface area contributed by atoms with Gasteiger partial charge in [0.1, 0.15) is 9.79 Å². The van der Waals surface area contributed by atoms with Gasteiger partial charge >= 0.3 is 20.2 Å². The molecule has 0 aliphatic heterocycles. The summed E-state index contributed by atoms with van der Waals surface area (Å²) in [6.07, 6.45) is 0. The van der Waals surface area contributed by atoms with Crippen LogP contribution in [0.3, 0.4) is 0 Å². The van der Waals surface area contributed by atoms with Gasteiger partial charge in [0.25, 0.3) is 0 Å². The predicted molar refractivity (Wildman–Crippen MR) is 143 cm³/mol. The summed E-state index contributed by atoms with van der Waals surface area (Å²) in [5.74, 6) is -2.78. The molecule has 0 saturated carbocycles. The van der Waals surface area contributed by atoms with Gasteiger partial charge in [0.2, 0.25) is 0 Å². The Labute approximate surface area is 227 Å². The maximum Gasteiger partial charge on any atom is 0.339 e. The van der Waals surface area contributed by atoms with Crippen LogP contribution in [0.25, 0.3) is 0 Å². The summed E-state index contributed by atoms with van der Waals surface area (Å²) >= 11 is 0. The minimum absolute atomic E-state index is 0.0731. The maximum atomic E-state index is 15.0. The van der Waals surface area contributed by atoms with Crippen molar-refractivity contribution >= 4 is 20.2 Å². The lowest BCUT2D eigenvalue weighted by Crippen LogP contribution is -2.20. The van der Waals surface area contributed by atoms with Crippen molar-refractivity contribution in [1.82, 2.24) is 0 Å². The number of hydrogen-bond acceptors (Lipinski definition) is 6. The first-order chi connectivity index (χ1) is 18.2. The summed E-state index contributed by atoms with van der Waals surface area (Å²) in [5, 5.41) is 0. The summed E-state index contributed by atoms with van der Waals surface area (Å²) in [7, 11) is -8.54. The van der Waals surface area contributed by atoms with E-state index in [2.05, 4.69) is 0 Å². The fraction of sp³-hybridized carbons (Fsp3) is 0.172. The van der Waals surface area contributed by atoms with E-state index >= 15 is 8.78 Å². The first-order valence-electron chi connectivity index (χ1n) is 11.8. The van der Waals surface area contributed by atoms with Crippen LogP contribution in [0, 0.1) is 25.5 Å². The highest BCUT2D eigenvalue weighted by Crippen LogP contribution is 2.36. The molecule has 6 nitrogen and oxygen atoms in total. The minimum atomic E-state index is -4.27. The van der Waals surface area contributed by atoms with E-state index in [4.69, 9.17) is 8.37 Å². The van der Waals surface area contributed by atoms with Crippen molar-refractivity contribution in [2.75, 3.05) is 0 Å². The van der Waals surface area contributed by atoms with Gasteiger partial charge in [-0.2, -0.15) is 16.8 Å². The zero-order valence-electron chi connectivity index (χ0n) is 21.6. The van der Waals surface area contributed by atoms with Crippen LogP contribution in [-0.2, 0) is 25.7 Å². The van der Waals surface area contributed by atoms with E-state index in [1.165, 1.54) is 36.4 Å². The van der Waals surface area contributed by atoms with Gasteiger partial charge in [-0.25, -0.2) is 8.78 Å². The molecule has 0 bridgehead atoms. The molecule has 0 aliphatic carbocycles. The van der Waals surface area contributed by atoms with E-state index in [9.17, 15) is 16.8 Å². The Morgan fingerprint density at radius 1 is 0.590 bits per heavy atom. The summed E-state index contributed by atoms with van der Waals surface area (Å²) in [5.41, 5.74) is 0.763. The Morgan fingerprint density at radius 3 is 1.28 bits per heavy atom. The molecule has 4 aromatic rings. The largest absolute Gasteiger partial charge is 0.376 e. The first kappa shape index (κ1) is 28.3. The highest BCUT2D eigenvalue weighted by atomic mass is 32.2. The average Bonchev–Trinajstić information content (AvgIpc) is 2.86. The molecule has 0 unspecified atom stereocenters. The number of hydrogen-bond donors (Lipinski definition) is 0. The SMILES string of the molecule is Cc1ccccc1S(=O)(=O)Oc1ccc(C(C)(C)c2ccc(OS(=O)(=O)c3ccccc3C)c(F)c2)cc1F. The smallest absolute Gasteiger partial charge is 0.339 e. The standard InChI is InChI=1S/C29H26F2O6S2/c1-19-9-5-7-11-27(19)38(32,33)36-25-15-13-21(17-23(25)30)29(3,4)22-14-16-26(24(31)18-22)37-39(34,35)28-12-8-6-10-20(28)2/h5-18H,1-4H3. The molecule has 4 rings (SSSR count). The van der Waals surface area contributed by atoms with E-state index in [1.807, 2.05) is 0 Å². The molecule has 4 aromatic carbocycles. The molecule has 0 saturated heterocycles. The van der Waals surface area contributed by atoms with Gasteiger partial charge in [-0.15, -0.1) is 0 Å². The molecule has 204 valence electrons. The van der Waals surface area contributed by atoms with Gasteiger partial charge in [0.05, 0.1) is 0 Å². The van der Waals surface area contributed by atoms with E-state index < -0.39 is 48.8 Å². The Kier molecular flexibility index (Phi) is 7.55. The molecular weight excluding hydrogens is 546 g/mol. The van der Waals surface area contributed by atoms with Gasteiger partial charge < -0.3 is 8.37 Å². The third-order valence-electron chi connectivity index (χ3n) is 6.43. The molecule has 39 heavy (non-hydrogen) atoms. The Bertz CT molecular complexity index is 1640. The summed E-state index contributed by atoms with van der Waals surface area (Å²) in [6.45, 7) is 6.63. The average molecular weight is 573 g/mol. The van der Waals surface area contributed by atoms with Crippen LogP contribution in [-0.4, -0.2) is 16.8 Å². The minimum Gasteiger partial charge on any atom is -0.376 e. The molecule has 0 amide bonds. The third-order valence-corrected chi connectivity index (χ3v) is 9.22. The highest BCUT2D eigenvalue weighted by Gasteiger charge is 2.28. The third kappa shape index (κ3) is 5.81. The lowest BCUT2D eigenvalue weighted by atomic mass is 9.78. The second kappa shape index (κ2) is 10.4. The number of halogens is 2. The number of benzene rings is 4. The van der Waals surface area contributed by atoms with E-state index in [0.717, 1.165) is 12.1 Å². The van der Waals surface area contributed by atoms with Crippen molar-refractivity contribution in [1.29, 1.82) is 0 Å². The topological polar surface area (TPSA) is 86.7 Å². The van der Waals surface area contributed by atoms with Gasteiger partial charge in [0.15, 0.2) is 23.1 Å². The van der Waals surface area contributed by atoms with Gasteiger partial charge in [-0.05, 0) is 72.5 Å². The predicted octanol–water partition coefficient (Wildman–Crippen LogP) is 6.44. The van der Waals surface area contributed by atoms with Crippen LogP contribution in [0.1, 0.15) is 36.1 Å². The molecule has 0 spiro atoms. The fourth-order valence-corrected chi connectivity index (χ4v) is 6.42. The fourth-order valence-electron chi connectivity index (χ4n) is 4.08. The van der Waals surface area contributed by atoms with Crippen molar-refractivity contribution in [2.24, 2.45) is 0 Å². The monoisotopic (exact) mass is 572 g/mol. The van der Waals surface area contributed by atoms with Crippen LogP contribution in [0.5, 0.6) is 11.5 Å². The van der Waals surface area contributed by atoms with Crippen molar-refractivity contribution in [3.05, 3.63) is 119 Å². The summed E-state index contributed by atoms with van der Waals surface area (Å²) in [4.78, 5) is -0.146. The van der Waals surface area contributed by atoms with Crippen molar-refractivity contribution in [2.45, 2.75) is 42.9 Å². The van der Waals surface area contributed by atoms with Crippen LogP contribution in [0.4, 0.5) is 8.78 Å². The zero-order chi connectivity index (χ0) is 28.6. The van der Waals surface area contributed by atoms with E-state index in [1.54, 1.807) is 64.1 Å². The molecule has 0 N–H and O–H groups in total. The molecular formula is C29H26F2O6S2. The van der Waals surface area contributed by atoms with E-state index in [0.29, 0.717) is 22.3 Å². The molecule has 10 heteroatoms. The normalized spacial score (nSPS) is 12.3. The maximum absolute atomic E-state index is 15.0. The lowest BCUT2D eigenvalue weighted by molar-refractivity contribution is 0.458. The zero-order valence-corrected chi connectivity index (χ0v) is 23.2. The van der Waals surface area contributed by atoms with Crippen LogP contribution >= 0.6 is 0 Å². The van der Waals surface area contributed by atoms with Gasteiger partial charge in [-0.1, -0.05) is 62.4 Å². The van der Waals surface area contributed by atoms with Gasteiger partial charge in [0, 0.05) is 5.41 Å². The molecule has 0 heterocycles. The lowest BCUT2D eigenvalue weighted by Gasteiger charge is -2.27. The highest BCUT2D eigenvalue weighted by molar-refractivity contribution is 7.87. The quantitative estimate of drug-likeness (QED) is 0.226. The molecule has 0 aromatic heterocycles. The Morgan fingerprint density at radius 2 is 0.949 bits per heavy atom. The van der Waals surface area contributed by atoms with Crippen LogP contribution < -0.4 is 8.37 Å². The second-order valence-electron chi connectivity index (χ2n) is 9.52. The first-order valence-corrected chi connectivity index (χ1v) is 14.6. The summed E-state index contributed by atoms with van der Waals surface area (Å²) in [6, 6.07) is 20.0. The van der Waals surface area contributed by atoms with Gasteiger partial charge in [-0.3, -0.25) is 0 Å². The van der Waals surface area contributed by atoms with Crippen molar-refractivity contribution in [3.8, 4) is 11.5 Å². The number of rotatable bonds is 8. The number of aryl methyl sites for hydroxylation is 2. The molecule has 0 atom stereocenters. The summed E-state index contributed by atoms with van der Waals surface area (Å²) < 4.78 is 90.8. The Balaban J connectivity index is 1.59. The second-order valence-corrected chi connectivity index (χ2v) is 12.6.